The van der Waals surface area contributed by atoms with E-state index in [-0.39, 0.29) is 0 Å². The fourth-order valence-electron chi connectivity index (χ4n) is 2.64. The van der Waals surface area contributed by atoms with Crippen molar-refractivity contribution in [3.63, 3.8) is 0 Å². The van der Waals surface area contributed by atoms with Crippen LogP contribution >= 0.6 is 0 Å². The van der Waals surface area contributed by atoms with Gasteiger partial charge in [0.15, 0.2) is 0 Å². The predicted octanol–water partition coefficient (Wildman–Crippen LogP) is 3.12. The third-order valence-electron chi connectivity index (χ3n) is 3.53. The summed E-state index contributed by atoms with van der Waals surface area (Å²) in [5.74, 6) is 1.13. The van der Waals surface area contributed by atoms with E-state index < -0.39 is 0 Å². The molecule has 0 saturated heterocycles. The lowest BCUT2D eigenvalue weighted by Gasteiger charge is -2.18. The van der Waals surface area contributed by atoms with E-state index in [1.54, 1.807) is 0 Å². The highest BCUT2D eigenvalue weighted by Gasteiger charge is 2.24. The lowest BCUT2D eigenvalue weighted by molar-refractivity contribution is 0.418. The standard InChI is InChI=1S/C13H16N2/c1-2-4-10(5-3-1)6-13-12-9-14-7-11(12)8-15-13/h6-11H,1-5H2/b13-6-. The zero-order chi connectivity index (χ0) is 10.1. The van der Waals surface area contributed by atoms with Gasteiger partial charge in [0.1, 0.15) is 0 Å². The van der Waals surface area contributed by atoms with Crippen molar-refractivity contribution < 1.29 is 0 Å². The summed E-state index contributed by atoms with van der Waals surface area (Å²) in [7, 11) is 0. The second-order valence-electron chi connectivity index (χ2n) is 4.64. The van der Waals surface area contributed by atoms with Gasteiger partial charge < -0.3 is 0 Å². The van der Waals surface area contributed by atoms with Crippen molar-refractivity contribution >= 4 is 12.4 Å². The van der Waals surface area contributed by atoms with E-state index in [1.807, 2.05) is 18.6 Å². The Labute approximate surface area is 90.5 Å². The monoisotopic (exact) mass is 200 g/mol. The summed E-state index contributed by atoms with van der Waals surface area (Å²) in [4.78, 5) is 8.68. The molecule has 1 saturated carbocycles. The summed E-state index contributed by atoms with van der Waals surface area (Å²) < 4.78 is 0. The van der Waals surface area contributed by atoms with Gasteiger partial charge in [-0.2, -0.15) is 0 Å². The fraction of sp³-hybridized carbons (Fsp3) is 0.538. The van der Waals surface area contributed by atoms with E-state index in [1.165, 1.54) is 43.4 Å². The van der Waals surface area contributed by atoms with Gasteiger partial charge in [-0.05, 0) is 18.8 Å². The van der Waals surface area contributed by atoms with Crippen molar-refractivity contribution in [3.05, 3.63) is 23.5 Å². The maximum atomic E-state index is 4.49. The number of rotatable bonds is 1. The van der Waals surface area contributed by atoms with Gasteiger partial charge in [-0.1, -0.05) is 25.3 Å². The molecule has 3 aliphatic rings. The molecule has 1 aliphatic carbocycles. The average molecular weight is 200 g/mol. The molecule has 2 aliphatic heterocycles. The molecule has 15 heavy (non-hydrogen) atoms. The number of fused-ring (bicyclic) bond motifs is 1. The smallest absolute Gasteiger partial charge is 0.0646 e. The van der Waals surface area contributed by atoms with Crippen LogP contribution in [0.1, 0.15) is 32.1 Å². The van der Waals surface area contributed by atoms with Gasteiger partial charge in [-0.25, -0.2) is 0 Å². The molecule has 0 aromatic heterocycles. The van der Waals surface area contributed by atoms with E-state index >= 15 is 0 Å². The van der Waals surface area contributed by atoms with Crippen LogP contribution in [0.3, 0.4) is 0 Å². The van der Waals surface area contributed by atoms with Gasteiger partial charge in [-0.3, -0.25) is 9.98 Å². The van der Waals surface area contributed by atoms with Crippen LogP contribution in [0, 0.1) is 11.8 Å². The summed E-state index contributed by atoms with van der Waals surface area (Å²) in [6, 6.07) is 0. The third-order valence-corrected chi connectivity index (χ3v) is 3.53. The molecule has 2 heterocycles. The molecule has 1 atom stereocenters. The summed E-state index contributed by atoms with van der Waals surface area (Å²) in [6.45, 7) is 0. The van der Waals surface area contributed by atoms with E-state index in [4.69, 9.17) is 0 Å². The lowest BCUT2D eigenvalue weighted by atomic mass is 9.88. The number of nitrogens with zero attached hydrogens (tertiary/aromatic N) is 2. The maximum Gasteiger partial charge on any atom is 0.0646 e. The molecule has 0 bridgehead atoms. The van der Waals surface area contributed by atoms with Crippen molar-refractivity contribution in [2.45, 2.75) is 32.1 Å². The van der Waals surface area contributed by atoms with Crippen molar-refractivity contribution in [1.29, 1.82) is 0 Å². The molecule has 78 valence electrons. The highest BCUT2D eigenvalue weighted by molar-refractivity contribution is 5.94. The quantitative estimate of drug-likeness (QED) is 0.621. The molecule has 0 spiro atoms. The zero-order valence-corrected chi connectivity index (χ0v) is 8.89. The number of hydrogen-bond donors (Lipinski definition) is 0. The minimum atomic E-state index is 0.375. The van der Waals surface area contributed by atoms with Crippen LogP contribution in [0.4, 0.5) is 0 Å². The molecule has 1 fully saturated rings. The first-order chi connectivity index (χ1) is 7.43. The Bertz CT molecular complexity index is 368. The van der Waals surface area contributed by atoms with Gasteiger partial charge in [0.05, 0.1) is 11.6 Å². The van der Waals surface area contributed by atoms with E-state index in [9.17, 15) is 0 Å². The molecule has 0 radical (unpaired) electrons. The molecule has 2 heteroatoms. The third kappa shape index (κ3) is 1.69. The maximum absolute atomic E-state index is 4.49. The van der Waals surface area contributed by atoms with E-state index in [0.29, 0.717) is 5.92 Å². The SMILES string of the molecule is C1=NC=C2/C(=C/C3CCCCC3)N=CC12. The number of hydrogen-bond acceptors (Lipinski definition) is 2. The second kappa shape index (κ2) is 3.76. The molecule has 0 aromatic rings. The molecule has 2 nitrogen and oxygen atoms in total. The molecule has 0 amide bonds. The van der Waals surface area contributed by atoms with Crippen LogP contribution in [-0.2, 0) is 0 Å². The Balaban J connectivity index is 1.77. The van der Waals surface area contributed by atoms with Crippen LogP contribution in [0.15, 0.2) is 33.5 Å². The Kier molecular flexibility index (Phi) is 2.28. The first-order valence-corrected chi connectivity index (χ1v) is 5.93. The average Bonchev–Trinajstić information content (AvgIpc) is 2.85. The lowest BCUT2D eigenvalue weighted by Crippen LogP contribution is -2.04. The van der Waals surface area contributed by atoms with Crippen molar-refractivity contribution in [3.8, 4) is 0 Å². The summed E-state index contributed by atoms with van der Waals surface area (Å²) in [5, 5.41) is 0. The zero-order valence-electron chi connectivity index (χ0n) is 8.89. The van der Waals surface area contributed by atoms with Crippen molar-refractivity contribution in [2.24, 2.45) is 21.8 Å². The van der Waals surface area contributed by atoms with Crippen LogP contribution in [-0.4, -0.2) is 12.4 Å². The second-order valence-corrected chi connectivity index (χ2v) is 4.64. The molecule has 3 rings (SSSR count). The van der Waals surface area contributed by atoms with Crippen molar-refractivity contribution in [2.75, 3.05) is 0 Å². The molecule has 0 aromatic carbocycles. The van der Waals surface area contributed by atoms with Gasteiger partial charge in [0.25, 0.3) is 0 Å². The molecule has 0 N–H and O–H groups in total. The normalized spacial score (nSPS) is 32.4. The first kappa shape index (κ1) is 9.08. The topological polar surface area (TPSA) is 24.7 Å². The highest BCUT2D eigenvalue weighted by Crippen LogP contribution is 2.32. The molecular formula is C13H16N2. The molecular weight excluding hydrogens is 184 g/mol. The number of aliphatic imine (C=N–C) groups is 2. The Hall–Kier alpha value is -1.18. The Morgan fingerprint density at radius 3 is 2.87 bits per heavy atom. The van der Waals surface area contributed by atoms with E-state index in [2.05, 4.69) is 16.1 Å². The minimum absolute atomic E-state index is 0.375. The van der Waals surface area contributed by atoms with Crippen molar-refractivity contribution in [1.82, 2.24) is 0 Å². The van der Waals surface area contributed by atoms with Crippen LogP contribution in [0.5, 0.6) is 0 Å². The number of allylic oxidation sites excluding steroid dienone is 2. The Morgan fingerprint density at radius 2 is 2.00 bits per heavy atom. The summed E-state index contributed by atoms with van der Waals surface area (Å²) >= 11 is 0. The van der Waals surface area contributed by atoms with Crippen LogP contribution < -0.4 is 0 Å². The summed E-state index contributed by atoms with van der Waals surface area (Å²) in [6.07, 6.45) is 15.2. The molecule has 1 unspecified atom stereocenters. The highest BCUT2D eigenvalue weighted by atomic mass is 14.8. The van der Waals surface area contributed by atoms with Gasteiger partial charge in [0.2, 0.25) is 0 Å². The Morgan fingerprint density at radius 1 is 1.13 bits per heavy atom. The van der Waals surface area contributed by atoms with E-state index in [0.717, 1.165) is 5.92 Å². The van der Waals surface area contributed by atoms with Gasteiger partial charge >= 0.3 is 0 Å². The summed E-state index contributed by atoms with van der Waals surface area (Å²) in [5.41, 5.74) is 2.49. The largest absolute Gasteiger partial charge is 0.268 e. The minimum Gasteiger partial charge on any atom is -0.268 e. The van der Waals surface area contributed by atoms with Gasteiger partial charge in [-0.15, -0.1) is 0 Å². The van der Waals surface area contributed by atoms with Crippen LogP contribution in [0.2, 0.25) is 0 Å². The first-order valence-electron chi connectivity index (χ1n) is 5.93. The predicted molar refractivity (Wildman–Crippen MR) is 63.2 cm³/mol. The van der Waals surface area contributed by atoms with Crippen LogP contribution in [0.25, 0.3) is 0 Å². The van der Waals surface area contributed by atoms with Gasteiger partial charge in [0, 0.05) is 24.2 Å². The fourth-order valence-corrected chi connectivity index (χ4v) is 2.64.